The molecule has 0 saturated heterocycles. The Labute approximate surface area is 124 Å². The van der Waals surface area contributed by atoms with Gasteiger partial charge in [0, 0.05) is 20.1 Å². The number of benzene rings is 1. The lowest BCUT2D eigenvalue weighted by Gasteiger charge is -2.13. The van der Waals surface area contributed by atoms with Crippen molar-refractivity contribution >= 4 is 11.9 Å². The van der Waals surface area contributed by atoms with Gasteiger partial charge in [0.05, 0.1) is 13.2 Å². The first kappa shape index (κ1) is 17.1. The lowest BCUT2D eigenvalue weighted by molar-refractivity contribution is -0.143. The number of hydrogen-bond donors (Lipinski definition) is 2. The molecule has 1 unspecified atom stereocenters. The van der Waals surface area contributed by atoms with E-state index in [1.54, 1.807) is 0 Å². The van der Waals surface area contributed by atoms with Crippen LogP contribution in [0.1, 0.15) is 18.4 Å². The smallest absolute Gasteiger partial charge is 0.328 e. The Bertz CT molecular complexity index is 435. The van der Waals surface area contributed by atoms with Crippen molar-refractivity contribution in [1.29, 1.82) is 0 Å². The molecule has 0 spiro atoms. The van der Waals surface area contributed by atoms with Gasteiger partial charge in [0.1, 0.15) is 0 Å². The van der Waals surface area contributed by atoms with Crippen LogP contribution in [0.2, 0.25) is 0 Å². The van der Waals surface area contributed by atoms with E-state index < -0.39 is 12.0 Å². The van der Waals surface area contributed by atoms with Crippen LogP contribution in [0.5, 0.6) is 0 Å². The van der Waals surface area contributed by atoms with Crippen LogP contribution in [0.3, 0.4) is 0 Å². The number of ether oxygens (including phenoxy) is 2. The predicted octanol–water partition coefficient (Wildman–Crippen LogP) is 1.20. The maximum Gasteiger partial charge on any atom is 0.328 e. The minimum Gasteiger partial charge on any atom is -0.480 e. The topological polar surface area (TPSA) is 84.9 Å². The van der Waals surface area contributed by atoms with E-state index in [-0.39, 0.29) is 18.9 Å². The highest BCUT2D eigenvalue weighted by Gasteiger charge is 2.19. The van der Waals surface area contributed by atoms with E-state index in [0.717, 1.165) is 5.56 Å². The van der Waals surface area contributed by atoms with E-state index in [1.165, 1.54) is 7.11 Å². The quantitative estimate of drug-likeness (QED) is 0.634. The highest BCUT2D eigenvalue weighted by Crippen LogP contribution is 2.01. The standard InChI is InChI=1S/C15H21NO5/c1-20-11-13(15(18)19)16-14(17)8-5-9-21-10-12-6-3-2-4-7-12/h2-4,6-7,13H,5,8-11H2,1H3,(H,16,17)(H,18,19). The van der Waals surface area contributed by atoms with Crippen molar-refractivity contribution in [3.8, 4) is 0 Å². The molecule has 0 fully saturated rings. The molecular weight excluding hydrogens is 274 g/mol. The third kappa shape index (κ3) is 7.43. The maximum atomic E-state index is 11.6. The van der Waals surface area contributed by atoms with Crippen molar-refractivity contribution in [2.45, 2.75) is 25.5 Å². The summed E-state index contributed by atoms with van der Waals surface area (Å²) in [7, 11) is 1.39. The number of hydrogen-bond acceptors (Lipinski definition) is 4. The Morgan fingerprint density at radius 2 is 2.00 bits per heavy atom. The third-order valence-electron chi connectivity index (χ3n) is 2.77. The Morgan fingerprint density at radius 3 is 2.62 bits per heavy atom. The number of methoxy groups -OCH3 is 1. The van der Waals surface area contributed by atoms with Crippen LogP contribution < -0.4 is 5.32 Å². The average molecular weight is 295 g/mol. The molecule has 0 heterocycles. The molecule has 6 nitrogen and oxygen atoms in total. The molecule has 0 aromatic heterocycles. The van der Waals surface area contributed by atoms with Crippen molar-refractivity contribution in [1.82, 2.24) is 5.32 Å². The molecule has 0 radical (unpaired) electrons. The first-order chi connectivity index (χ1) is 10.1. The molecule has 0 aliphatic heterocycles. The summed E-state index contributed by atoms with van der Waals surface area (Å²) in [6.45, 7) is 0.903. The number of carbonyl (C=O) groups excluding carboxylic acids is 1. The molecule has 0 aliphatic rings. The second-order valence-corrected chi connectivity index (χ2v) is 4.56. The van der Waals surface area contributed by atoms with Crippen molar-refractivity contribution in [2.75, 3.05) is 20.3 Å². The fraction of sp³-hybridized carbons (Fsp3) is 0.467. The number of amides is 1. The number of aliphatic carboxylic acids is 1. The summed E-state index contributed by atoms with van der Waals surface area (Å²) in [5, 5.41) is 11.3. The summed E-state index contributed by atoms with van der Waals surface area (Å²) >= 11 is 0. The van der Waals surface area contributed by atoms with Gasteiger partial charge in [-0.3, -0.25) is 4.79 Å². The van der Waals surface area contributed by atoms with Crippen molar-refractivity contribution in [3.05, 3.63) is 35.9 Å². The molecule has 0 saturated carbocycles. The summed E-state index contributed by atoms with van der Waals surface area (Å²) in [4.78, 5) is 22.4. The van der Waals surface area contributed by atoms with Crippen LogP contribution in [-0.4, -0.2) is 43.3 Å². The van der Waals surface area contributed by atoms with E-state index in [9.17, 15) is 9.59 Å². The van der Waals surface area contributed by atoms with Crippen molar-refractivity contribution in [2.24, 2.45) is 0 Å². The second kappa shape index (κ2) is 9.90. The molecule has 2 N–H and O–H groups in total. The molecule has 0 aliphatic carbocycles. The summed E-state index contributed by atoms with van der Waals surface area (Å²) in [5.74, 6) is -1.42. The molecular formula is C15H21NO5. The van der Waals surface area contributed by atoms with E-state index >= 15 is 0 Å². The maximum absolute atomic E-state index is 11.6. The highest BCUT2D eigenvalue weighted by atomic mass is 16.5. The first-order valence-electron chi connectivity index (χ1n) is 6.76. The van der Waals surface area contributed by atoms with Gasteiger partial charge >= 0.3 is 5.97 Å². The van der Waals surface area contributed by atoms with Crippen molar-refractivity contribution < 1.29 is 24.2 Å². The normalized spacial score (nSPS) is 11.9. The predicted molar refractivity (Wildman–Crippen MR) is 76.8 cm³/mol. The summed E-state index contributed by atoms with van der Waals surface area (Å²) in [5.41, 5.74) is 1.08. The highest BCUT2D eigenvalue weighted by molar-refractivity contribution is 5.83. The Hall–Kier alpha value is -1.92. The van der Waals surface area contributed by atoms with Gasteiger partial charge in [0.15, 0.2) is 6.04 Å². The van der Waals surface area contributed by atoms with E-state index in [2.05, 4.69) is 5.32 Å². The Kier molecular flexibility index (Phi) is 8.08. The van der Waals surface area contributed by atoms with Gasteiger partial charge in [-0.2, -0.15) is 0 Å². The van der Waals surface area contributed by atoms with Gasteiger partial charge in [-0.1, -0.05) is 30.3 Å². The summed E-state index contributed by atoms with van der Waals surface area (Å²) in [6.07, 6.45) is 0.764. The molecule has 0 bridgehead atoms. The zero-order valence-electron chi connectivity index (χ0n) is 12.1. The van der Waals surface area contributed by atoms with Crippen LogP contribution in [0.25, 0.3) is 0 Å². The van der Waals surface area contributed by atoms with Crippen molar-refractivity contribution in [3.63, 3.8) is 0 Å². The molecule has 1 aromatic rings. The van der Waals surface area contributed by atoms with E-state index in [0.29, 0.717) is 19.6 Å². The first-order valence-corrected chi connectivity index (χ1v) is 6.76. The SMILES string of the molecule is COCC(NC(=O)CCCOCc1ccccc1)C(=O)O. The van der Waals surface area contributed by atoms with Crippen LogP contribution in [0, 0.1) is 0 Å². The third-order valence-corrected chi connectivity index (χ3v) is 2.77. The zero-order chi connectivity index (χ0) is 15.5. The Balaban J connectivity index is 2.14. The van der Waals surface area contributed by atoms with Gasteiger partial charge in [-0.15, -0.1) is 0 Å². The molecule has 21 heavy (non-hydrogen) atoms. The van der Waals surface area contributed by atoms with Gasteiger partial charge in [0.25, 0.3) is 0 Å². The van der Waals surface area contributed by atoms with Crippen LogP contribution in [0.15, 0.2) is 30.3 Å². The summed E-state index contributed by atoms with van der Waals surface area (Å²) in [6, 6.07) is 8.74. The molecule has 1 rings (SSSR count). The van der Waals surface area contributed by atoms with Gasteiger partial charge in [-0.25, -0.2) is 4.79 Å². The average Bonchev–Trinajstić information content (AvgIpc) is 2.47. The van der Waals surface area contributed by atoms with Gasteiger partial charge < -0.3 is 19.9 Å². The lowest BCUT2D eigenvalue weighted by atomic mass is 10.2. The number of nitrogens with one attached hydrogen (secondary N) is 1. The van der Waals surface area contributed by atoms with Crippen LogP contribution >= 0.6 is 0 Å². The minimum absolute atomic E-state index is 0.0500. The Morgan fingerprint density at radius 1 is 1.29 bits per heavy atom. The molecule has 1 atom stereocenters. The lowest BCUT2D eigenvalue weighted by Crippen LogP contribution is -2.43. The molecule has 6 heteroatoms. The number of rotatable bonds is 10. The number of carbonyl (C=O) groups is 2. The minimum atomic E-state index is -1.11. The van der Waals surface area contributed by atoms with E-state index in [4.69, 9.17) is 14.6 Å². The van der Waals surface area contributed by atoms with Gasteiger partial charge in [0.2, 0.25) is 5.91 Å². The molecule has 1 aromatic carbocycles. The van der Waals surface area contributed by atoms with Crippen LogP contribution in [-0.2, 0) is 25.7 Å². The summed E-state index contributed by atoms with van der Waals surface area (Å²) < 4.78 is 10.2. The van der Waals surface area contributed by atoms with Gasteiger partial charge in [-0.05, 0) is 12.0 Å². The van der Waals surface area contributed by atoms with Crippen LogP contribution in [0.4, 0.5) is 0 Å². The largest absolute Gasteiger partial charge is 0.480 e. The second-order valence-electron chi connectivity index (χ2n) is 4.56. The number of carboxylic acid groups (broad SMARTS) is 1. The number of carboxylic acids is 1. The fourth-order valence-corrected chi connectivity index (χ4v) is 1.71. The molecule has 1 amide bonds. The zero-order valence-corrected chi connectivity index (χ0v) is 12.1. The van der Waals surface area contributed by atoms with E-state index in [1.807, 2.05) is 30.3 Å². The molecule has 116 valence electrons. The monoisotopic (exact) mass is 295 g/mol. The fourth-order valence-electron chi connectivity index (χ4n) is 1.71.